The molecule has 6 heteroatoms. The average molecular weight is 495 g/mol. The molecule has 1 aliphatic rings. The number of carbonyl (C=O) groups is 1. The van der Waals surface area contributed by atoms with Crippen molar-refractivity contribution in [2.24, 2.45) is 4.99 Å². The van der Waals surface area contributed by atoms with Crippen LogP contribution in [0, 0.1) is 6.92 Å². The highest BCUT2D eigenvalue weighted by Gasteiger charge is 2.32. The van der Waals surface area contributed by atoms with Crippen molar-refractivity contribution < 1.29 is 4.79 Å². The van der Waals surface area contributed by atoms with Crippen molar-refractivity contribution in [2.45, 2.75) is 32.4 Å². The lowest BCUT2D eigenvalue weighted by Gasteiger charge is -2.18. The lowest BCUT2D eigenvalue weighted by atomic mass is 10.0. The van der Waals surface area contributed by atoms with Crippen LogP contribution in [0.5, 0.6) is 0 Å². The minimum absolute atomic E-state index is 0.153. The van der Waals surface area contributed by atoms with E-state index in [0.717, 1.165) is 22.4 Å². The zero-order chi connectivity index (χ0) is 23.5. The summed E-state index contributed by atoms with van der Waals surface area (Å²) in [6, 6.07) is 21.5. The van der Waals surface area contributed by atoms with Crippen LogP contribution >= 0.6 is 35.0 Å². The Morgan fingerprint density at radius 1 is 0.970 bits per heavy atom. The van der Waals surface area contributed by atoms with Crippen molar-refractivity contribution in [2.75, 3.05) is 4.90 Å². The maximum Gasteiger partial charge on any atom is 0.283 e. The Hall–Kier alpha value is -2.53. The van der Waals surface area contributed by atoms with Gasteiger partial charge >= 0.3 is 0 Å². The predicted octanol–water partition coefficient (Wildman–Crippen LogP) is 8.10. The zero-order valence-corrected chi connectivity index (χ0v) is 21.0. The van der Waals surface area contributed by atoms with Gasteiger partial charge in [0.05, 0.1) is 5.69 Å². The van der Waals surface area contributed by atoms with Gasteiger partial charge in [0.25, 0.3) is 5.91 Å². The first-order valence-corrected chi connectivity index (χ1v) is 12.4. The smallest absolute Gasteiger partial charge is 0.266 e. The quantitative estimate of drug-likeness (QED) is 0.335. The van der Waals surface area contributed by atoms with Gasteiger partial charge in [-0.15, -0.1) is 0 Å². The fourth-order valence-electron chi connectivity index (χ4n) is 3.46. The van der Waals surface area contributed by atoms with Crippen LogP contribution in [-0.2, 0) is 10.5 Å². The fourth-order valence-corrected chi connectivity index (χ4v) is 5.21. The number of benzene rings is 3. The molecule has 1 aliphatic heterocycles. The van der Waals surface area contributed by atoms with E-state index in [1.165, 1.54) is 17.3 Å². The Balaban J connectivity index is 1.67. The van der Waals surface area contributed by atoms with Gasteiger partial charge in [0, 0.05) is 15.8 Å². The molecule has 0 unspecified atom stereocenters. The molecule has 0 aliphatic carbocycles. The van der Waals surface area contributed by atoms with Crippen molar-refractivity contribution in [1.82, 2.24) is 0 Å². The highest BCUT2D eigenvalue weighted by molar-refractivity contribution is 8.13. The largest absolute Gasteiger partial charge is 0.283 e. The SMILES string of the molecule is Cc1ccc(N2C(=O)C(=Cc3ccc(C(C)C)cc3)N=C2SCc2c(Cl)cccc2Cl)cc1. The van der Waals surface area contributed by atoms with E-state index >= 15 is 0 Å². The zero-order valence-electron chi connectivity index (χ0n) is 18.7. The van der Waals surface area contributed by atoms with E-state index in [0.29, 0.717) is 32.6 Å². The standard InChI is InChI=1S/C27H24Cl2N2OS/c1-17(2)20-11-9-19(10-12-20)15-25-26(32)31(21-13-7-18(3)8-14-21)27(30-25)33-16-22-23(28)5-4-6-24(22)29/h4-15,17H,16H2,1-3H3. The number of thioether (sulfide) groups is 1. The van der Waals surface area contributed by atoms with E-state index in [-0.39, 0.29) is 5.91 Å². The molecule has 0 saturated heterocycles. The summed E-state index contributed by atoms with van der Waals surface area (Å²) in [6.45, 7) is 6.34. The Bertz CT molecular complexity index is 1210. The maximum atomic E-state index is 13.4. The third-order valence-electron chi connectivity index (χ3n) is 5.44. The van der Waals surface area contributed by atoms with Crippen LogP contribution in [0.15, 0.2) is 77.4 Å². The van der Waals surface area contributed by atoms with E-state index in [2.05, 4.69) is 26.0 Å². The molecule has 0 radical (unpaired) electrons. The molecule has 0 saturated carbocycles. The van der Waals surface area contributed by atoms with Gasteiger partial charge in [0.2, 0.25) is 0 Å². The molecule has 0 atom stereocenters. The fraction of sp³-hybridized carbons (Fsp3) is 0.185. The maximum absolute atomic E-state index is 13.4. The first-order chi connectivity index (χ1) is 15.8. The molecule has 4 rings (SSSR count). The van der Waals surface area contributed by atoms with E-state index in [1.807, 2.05) is 67.6 Å². The van der Waals surface area contributed by atoms with Crippen LogP contribution < -0.4 is 4.90 Å². The number of halogens is 2. The summed E-state index contributed by atoms with van der Waals surface area (Å²) in [6.07, 6.45) is 1.84. The Labute approximate surface area is 209 Å². The summed E-state index contributed by atoms with van der Waals surface area (Å²) in [5, 5.41) is 1.80. The molecule has 1 heterocycles. The van der Waals surface area contributed by atoms with Crippen LogP contribution in [0.3, 0.4) is 0 Å². The molecule has 0 N–H and O–H groups in total. The van der Waals surface area contributed by atoms with Crippen molar-refractivity contribution in [3.05, 3.63) is 105 Å². The van der Waals surface area contributed by atoms with Gasteiger partial charge < -0.3 is 0 Å². The molecule has 3 aromatic rings. The number of amides is 1. The lowest BCUT2D eigenvalue weighted by Crippen LogP contribution is -2.30. The summed E-state index contributed by atoms with van der Waals surface area (Å²) in [4.78, 5) is 19.8. The predicted molar refractivity (Wildman–Crippen MR) is 142 cm³/mol. The number of hydrogen-bond donors (Lipinski definition) is 0. The van der Waals surface area contributed by atoms with Crippen LogP contribution in [0.2, 0.25) is 10.0 Å². The topological polar surface area (TPSA) is 32.7 Å². The van der Waals surface area contributed by atoms with Gasteiger partial charge in [-0.25, -0.2) is 4.99 Å². The highest BCUT2D eigenvalue weighted by atomic mass is 35.5. The number of hydrogen-bond acceptors (Lipinski definition) is 3. The van der Waals surface area contributed by atoms with Crippen LogP contribution in [0.1, 0.15) is 42.0 Å². The third kappa shape index (κ3) is 5.35. The van der Waals surface area contributed by atoms with Gasteiger partial charge in [0.15, 0.2) is 5.17 Å². The summed E-state index contributed by atoms with van der Waals surface area (Å²) in [5.74, 6) is 0.803. The monoisotopic (exact) mass is 494 g/mol. The minimum atomic E-state index is -0.153. The molecular weight excluding hydrogens is 471 g/mol. The van der Waals surface area contributed by atoms with Gasteiger partial charge in [-0.1, -0.05) is 96.8 Å². The van der Waals surface area contributed by atoms with Gasteiger partial charge in [-0.05, 0) is 59.9 Å². The molecular formula is C27H24Cl2N2OS. The molecule has 0 aromatic heterocycles. The molecule has 3 aromatic carbocycles. The summed E-state index contributed by atoms with van der Waals surface area (Å²) in [7, 11) is 0. The lowest BCUT2D eigenvalue weighted by molar-refractivity contribution is -0.113. The molecule has 168 valence electrons. The Kier molecular flexibility index (Phi) is 7.28. The van der Waals surface area contributed by atoms with Crippen molar-refractivity contribution in [1.29, 1.82) is 0 Å². The van der Waals surface area contributed by atoms with Gasteiger partial charge in [-0.3, -0.25) is 9.69 Å². The summed E-state index contributed by atoms with van der Waals surface area (Å²) in [5.41, 5.74) is 5.33. The number of rotatable bonds is 5. The summed E-state index contributed by atoms with van der Waals surface area (Å²) < 4.78 is 0. The Morgan fingerprint density at radius 2 is 1.61 bits per heavy atom. The average Bonchev–Trinajstić information content (AvgIpc) is 3.09. The molecule has 0 fully saturated rings. The van der Waals surface area contributed by atoms with E-state index in [4.69, 9.17) is 28.2 Å². The number of nitrogens with zero attached hydrogens (tertiary/aromatic N) is 2. The number of aliphatic imine (C=N–C) groups is 1. The van der Waals surface area contributed by atoms with Crippen LogP contribution in [-0.4, -0.2) is 11.1 Å². The normalized spacial score (nSPS) is 15.0. The van der Waals surface area contributed by atoms with Gasteiger partial charge in [0.1, 0.15) is 5.70 Å². The second-order valence-corrected chi connectivity index (χ2v) is 9.97. The second-order valence-electron chi connectivity index (χ2n) is 8.21. The highest BCUT2D eigenvalue weighted by Crippen LogP contribution is 2.34. The number of amidine groups is 1. The van der Waals surface area contributed by atoms with Crippen molar-refractivity contribution >= 4 is 57.8 Å². The van der Waals surface area contributed by atoms with Gasteiger partial charge in [-0.2, -0.15) is 0 Å². The Morgan fingerprint density at radius 3 is 2.21 bits per heavy atom. The molecule has 0 bridgehead atoms. The molecule has 1 amide bonds. The van der Waals surface area contributed by atoms with E-state index < -0.39 is 0 Å². The second kappa shape index (κ2) is 10.2. The summed E-state index contributed by atoms with van der Waals surface area (Å²) >= 11 is 14.2. The molecule has 33 heavy (non-hydrogen) atoms. The number of aryl methyl sites for hydroxylation is 1. The van der Waals surface area contributed by atoms with Crippen molar-refractivity contribution in [3.8, 4) is 0 Å². The molecule has 3 nitrogen and oxygen atoms in total. The first kappa shape index (κ1) is 23.6. The van der Waals surface area contributed by atoms with E-state index in [1.54, 1.807) is 4.90 Å². The number of carbonyl (C=O) groups excluding carboxylic acids is 1. The third-order valence-corrected chi connectivity index (χ3v) is 7.11. The van der Waals surface area contributed by atoms with Crippen molar-refractivity contribution in [3.63, 3.8) is 0 Å². The minimum Gasteiger partial charge on any atom is -0.266 e. The molecule has 0 spiro atoms. The van der Waals surface area contributed by atoms with E-state index in [9.17, 15) is 4.79 Å². The van der Waals surface area contributed by atoms with Crippen LogP contribution in [0.4, 0.5) is 5.69 Å². The van der Waals surface area contributed by atoms with Crippen LogP contribution in [0.25, 0.3) is 6.08 Å². The number of anilines is 1. The first-order valence-electron chi connectivity index (χ1n) is 10.7.